The Labute approximate surface area is 100 Å². The molecule has 0 aliphatic heterocycles. The molecule has 0 unspecified atom stereocenters. The summed E-state index contributed by atoms with van der Waals surface area (Å²) < 4.78 is 36.7. The minimum absolute atomic E-state index is 0.00173. The molecule has 17 heavy (non-hydrogen) atoms. The quantitative estimate of drug-likeness (QED) is 0.781. The lowest BCUT2D eigenvalue weighted by molar-refractivity contribution is -0.140. The van der Waals surface area contributed by atoms with Crippen molar-refractivity contribution in [3.8, 4) is 0 Å². The van der Waals surface area contributed by atoms with E-state index in [1.165, 1.54) is 6.33 Å². The molecule has 8 heteroatoms. The van der Waals surface area contributed by atoms with E-state index in [9.17, 15) is 18.0 Å². The Bertz CT molecular complexity index is 371. The Hall–Kier alpha value is -1.37. The van der Waals surface area contributed by atoms with Gasteiger partial charge in [-0.2, -0.15) is 13.2 Å². The van der Waals surface area contributed by atoms with Crippen LogP contribution in [0.5, 0.6) is 0 Å². The fraction of sp³-hybridized carbons (Fsp3) is 0.444. The van der Waals surface area contributed by atoms with Crippen molar-refractivity contribution in [3.05, 3.63) is 24.3 Å². The number of rotatable bonds is 4. The van der Waals surface area contributed by atoms with Gasteiger partial charge in [0.25, 0.3) is 5.91 Å². The van der Waals surface area contributed by atoms with Crippen molar-refractivity contribution in [2.75, 3.05) is 19.0 Å². The van der Waals surface area contributed by atoms with E-state index in [1.54, 1.807) is 0 Å². The summed E-state index contributed by atoms with van der Waals surface area (Å²) in [6, 6.07) is 0. The van der Waals surface area contributed by atoms with Gasteiger partial charge in [-0.15, -0.1) is 11.6 Å². The molecule has 1 aromatic rings. The van der Waals surface area contributed by atoms with Gasteiger partial charge in [-0.25, -0.2) is 9.97 Å². The molecule has 0 bridgehead atoms. The second-order valence-electron chi connectivity index (χ2n) is 3.16. The maximum atomic E-state index is 12.2. The van der Waals surface area contributed by atoms with Crippen molar-refractivity contribution in [1.82, 2.24) is 14.9 Å². The first-order valence-electron chi connectivity index (χ1n) is 4.61. The van der Waals surface area contributed by atoms with Crippen molar-refractivity contribution in [1.29, 1.82) is 0 Å². The Kier molecular flexibility index (Phi) is 4.68. The van der Waals surface area contributed by atoms with Crippen LogP contribution in [0.25, 0.3) is 0 Å². The Morgan fingerprint density at radius 1 is 1.35 bits per heavy atom. The lowest BCUT2D eigenvalue weighted by atomic mass is 10.3. The van der Waals surface area contributed by atoms with E-state index in [4.69, 9.17) is 11.6 Å². The number of carbonyl (C=O) groups excluding carboxylic acids is 1. The van der Waals surface area contributed by atoms with Crippen molar-refractivity contribution in [3.63, 3.8) is 0 Å². The number of halogens is 4. The molecular formula is C9H9ClF3N3O. The van der Waals surface area contributed by atoms with E-state index < -0.39 is 18.6 Å². The number of hydrogen-bond donors (Lipinski definition) is 0. The smallest absolute Gasteiger partial charge is 0.328 e. The zero-order valence-corrected chi connectivity index (χ0v) is 9.37. The summed E-state index contributed by atoms with van der Waals surface area (Å²) in [6.07, 6.45) is -0.955. The van der Waals surface area contributed by atoms with E-state index >= 15 is 0 Å². The summed E-state index contributed by atoms with van der Waals surface area (Å²) in [6.45, 7) is -1.53. The van der Waals surface area contributed by atoms with Gasteiger partial charge in [0.2, 0.25) is 0 Å². The van der Waals surface area contributed by atoms with Crippen LogP contribution in [-0.4, -0.2) is 45.9 Å². The molecule has 0 aliphatic carbocycles. The van der Waals surface area contributed by atoms with Crippen molar-refractivity contribution in [2.24, 2.45) is 0 Å². The van der Waals surface area contributed by atoms with Crippen LogP contribution < -0.4 is 0 Å². The number of hydrogen-bond acceptors (Lipinski definition) is 3. The first kappa shape index (κ1) is 13.7. The third kappa shape index (κ3) is 4.56. The molecule has 1 amide bonds. The van der Waals surface area contributed by atoms with E-state index in [2.05, 4.69) is 9.97 Å². The molecule has 4 nitrogen and oxygen atoms in total. The summed E-state index contributed by atoms with van der Waals surface area (Å²) in [7, 11) is 0. The highest BCUT2D eigenvalue weighted by molar-refractivity contribution is 6.18. The maximum Gasteiger partial charge on any atom is 0.406 e. The van der Waals surface area contributed by atoms with E-state index in [1.807, 2.05) is 0 Å². The summed E-state index contributed by atoms with van der Waals surface area (Å²) in [5.74, 6) is -0.862. The highest BCUT2D eigenvalue weighted by Gasteiger charge is 2.33. The zero-order chi connectivity index (χ0) is 12.9. The van der Waals surface area contributed by atoms with Crippen LogP contribution in [0.1, 0.15) is 10.4 Å². The van der Waals surface area contributed by atoms with Crippen LogP contribution >= 0.6 is 11.6 Å². The molecular weight excluding hydrogens is 259 g/mol. The lowest BCUT2D eigenvalue weighted by Gasteiger charge is -2.22. The normalized spacial score (nSPS) is 11.3. The van der Waals surface area contributed by atoms with Gasteiger partial charge in [-0.1, -0.05) is 0 Å². The molecule has 94 valence electrons. The highest BCUT2D eigenvalue weighted by Crippen LogP contribution is 2.17. The molecule has 0 saturated carbocycles. The van der Waals surface area contributed by atoms with Crippen LogP contribution in [0.15, 0.2) is 18.7 Å². The SMILES string of the molecule is O=C(c1cncnc1)N(CCCl)CC(F)(F)F. The Morgan fingerprint density at radius 2 is 1.94 bits per heavy atom. The molecule has 0 radical (unpaired) electrons. The van der Waals surface area contributed by atoms with Gasteiger partial charge in [-0.05, 0) is 0 Å². The summed E-state index contributed by atoms with van der Waals surface area (Å²) >= 11 is 5.36. The van der Waals surface area contributed by atoms with Crippen LogP contribution in [0.2, 0.25) is 0 Å². The first-order chi connectivity index (χ1) is 7.94. The van der Waals surface area contributed by atoms with Gasteiger partial charge in [0, 0.05) is 24.8 Å². The number of amides is 1. The number of nitrogens with zero attached hydrogens (tertiary/aromatic N) is 3. The Balaban J connectivity index is 2.81. The lowest BCUT2D eigenvalue weighted by Crippen LogP contribution is -2.40. The first-order valence-corrected chi connectivity index (χ1v) is 5.14. The van der Waals surface area contributed by atoms with E-state index in [-0.39, 0.29) is 18.0 Å². The molecule has 0 atom stereocenters. The largest absolute Gasteiger partial charge is 0.406 e. The van der Waals surface area contributed by atoms with Gasteiger partial charge in [0.05, 0.1) is 5.56 Å². The fourth-order valence-corrected chi connectivity index (χ4v) is 1.37. The van der Waals surface area contributed by atoms with Crippen molar-refractivity contribution in [2.45, 2.75) is 6.18 Å². The van der Waals surface area contributed by atoms with E-state index in [0.717, 1.165) is 12.4 Å². The Morgan fingerprint density at radius 3 is 2.41 bits per heavy atom. The average Bonchev–Trinajstić information content (AvgIpc) is 2.27. The van der Waals surface area contributed by atoms with Gasteiger partial charge in [0.1, 0.15) is 12.9 Å². The van der Waals surface area contributed by atoms with Crippen LogP contribution in [0, 0.1) is 0 Å². The molecule has 0 fully saturated rings. The fourth-order valence-electron chi connectivity index (χ4n) is 1.16. The minimum atomic E-state index is -4.46. The maximum absolute atomic E-state index is 12.2. The molecule has 0 spiro atoms. The number of aromatic nitrogens is 2. The molecule has 0 N–H and O–H groups in total. The molecule has 1 rings (SSSR count). The van der Waals surface area contributed by atoms with Gasteiger partial charge >= 0.3 is 6.18 Å². The average molecular weight is 268 g/mol. The number of alkyl halides is 4. The summed E-state index contributed by atoms with van der Waals surface area (Å²) in [5, 5.41) is 0. The van der Waals surface area contributed by atoms with Gasteiger partial charge < -0.3 is 4.90 Å². The highest BCUT2D eigenvalue weighted by atomic mass is 35.5. The minimum Gasteiger partial charge on any atom is -0.328 e. The van der Waals surface area contributed by atoms with Gasteiger partial charge in [-0.3, -0.25) is 4.79 Å². The molecule has 0 aliphatic rings. The zero-order valence-electron chi connectivity index (χ0n) is 8.62. The third-order valence-electron chi connectivity index (χ3n) is 1.82. The molecule has 1 heterocycles. The summed E-state index contributed by atoms with van der Waals surface area (Å²) in [4.78, 5) is 19.5. The second-order valence-corrected chi connectivity index (χ2v) is 3.54. The third-order valence-corrected chi connectivity index (χ3v) is 1.99. The molecule has 1 aromatic heterocycles. The van der Waals surface area contributed by atoms with E-state index in [0.29, 0.717) is 4.90 Å². The predicted molar refractivity (Wildman–Crippen MR) is 54.7 cm³/mol. The standard InChI is InChI=1S/C9H9ClF3N3O/c10-1-2-16(5-9(11,12)13)8(17)7-3-14-6-15-4-7/h3-4,6H,1-2,5H2. The molecule has 0 saturated heterocycles. The van der Waals surface area contributed by atoms with Crippen LogP contribution in [0.3, 0.4) is 0 Å². The number of carbonyl (C=O) groups is 1. The monoisotopic (exact) mass is 267 g/mol. The predicted octanol–water partition coefficient (Wildman–Crippen LogP) is 1.72. The van der Waals surface area contributed by atoms with Crippen molar-refractivity contribution < 1.29 is 18.0 Å². The second kappa shape index (κ2) is 5.81. The summed E-state index contributed by atoms with van der Waals surface area (Å²) in [5.41, 5.74) is 0.00173. The molecule has 0 aromatic carbocycles. The van der Waals surface area contributed by atoms with Crippen LogP contribution in [0.4, 0.5) is 13.2 Å². The van der Waals surface area contributed by atoms with Gasteiger partial charge in [0.15, 0.2) is 0 Å². The topological polar surface area (TPSA) is 46.1 Å². The van der Waals surface area contributed by atoms with Crippen molar-refractivity contribution >= 4 is 17.5 Å². The van der Waals surface area contributed by atoms with Crippen LogP contribution in [-0.2, 0) is 0 Å².